The molecule has 1 fully saturated rings. The molecule has 3 aromatic carbocycles. The van der Waals surface area contributed by atoms with E-state index in [1.807, 2.05) is 30.3 Å². The van der Waals surface area contributed by atoms with Crippen LogP contribution in [0.4, 0.5) is 10.1 Å². The largest absolute Gasteiger partial charge is 0.490 e. The van der Waals surface area contributed by atoms with E-state index >= 15 is 0 Å². The van der Waals surface area contributed by atoms with Gasteiger partial charge in [0.05, 0.1) is 5.56 Å². The zero-order valence-corrected chi connectivity index (χ0v) is 21.6. The number of hydrogen-bond donors (Lipinski definition) is 1. The molecular formula is C28H31Cl2FN2O3. The quantitative estimate of drug-likeness (QED) is 0.360. The Morgan fingerprint density at radius 1 is 0.972 bits per heavy atom. The van der Waals surface area contributed by atoms with Crippen LogP contribution in [0.2, 0.25) is 5.02 Å². The first-order valence-electron chi connectivity index (χ1n) is 11.9. The standard InChI is InChI=1S/C28H30ClFN2O3.ClH/c29-22-8-12-24(13-9-22)32-17-15-31(16-18-32)19-25(33)20-35-28-4-2-1-3-26(28)27(34)14-7-21-5-10-23(30)11-6-21;/h1-6,8-13,25,33H,7,14-20H2;1H. The molecule has 1 aliphatic heterocycles. The predicted molar refractivity (Wildman–Crippen MR) is 144 cm³/mol. The third kappa shape index (κ3) is 7.93. The van der Waals surface area contributed by atoms with Crippen molar-refractivity contribution in [1.82, 2.24) is 4.90 Å². The van der Waals surface area contributed by atoms with Crippen molar-refractivity contribution in [3.8, 4) is 5.75 Å². The van der Waals surface area contributed by atoms with Gasteiger partial charge in [0, 0.05) is 49.9 Å². The maximum absolute atomic E-state index is 13.1. The molecule has 0 bridgehead atoms. The average molecular weight is 533 g/mol. The molecule has 36 heavy (non-hydrogen) atoms. The van der Waals surface area contributed by atoms with Gasteiger partial charge in [0.1, 0.15) is 24.3 Å². The SMILES string of the molecule is Cl.O=C(CCc1ccc(F)cc1)c1ccccc1OCC(O)CN1CCN(c2ccc(Cl)cc2)CC1. The highest BCUT2D eigenvalue weighted by Crippen LogP contribution is 2.22. The van der Waals surface area contributed by atoms with Crippen molar-refractivity contribution in [1.29, 1.82) is 0 Å². The first kappa shape index (κ1) is 27.9. The summed E-state index contributed by atoms with van der Waals surface area (Å²) in [6, 6.07) is 21.1. The molecule has 0 aromatic heterocycles. The van der Waals surface area contributed by atoms with E-state index in [-0.39, 0.29) is 30.6 Å². The smallest absolute Gasteiger partial charge is 0.166 e. The Labute approximate surface area is 222 Å². The summed E-state index contributed by atoms with van der Waals surface area (Å²) >= 11 is 5.98. The minimum atomic E-state index is -0.667. The summed E-state index contributed by atoms with van der Waals surface area (Å²) in [6.07, 6.45) is 0.157. The number of Topliss-reactive ketones (excluding diaryl/α,β-unsaturated/α-hetero) is 1. The highest BCUT2D eigenvalue weighted by molar-refractivity contribution is 6.30. The normalized spacial score (nSPS) is 14.7. The van der Waals surface area contributed by atoms with Gasteiger partial charge in [-0.2, -0.15) is 0 Å². The Balaban J connectivity index is 0.00000361. The van der Waals surface area contributed by atoms with E-state index < -0.39 is 6.10 Å². The fourth-order valence-electron chi connectivity index (χ4n) is 4.24. The molecule has 1 saturated heterocycles. The summed E-state index contributed by atoms with van der Waals surface area (Å²) < 4.78 is 18.9. The number of β-amino-alcohol motifs (C(OH)–C–C–N with tert-alkyl or cyclic N) is 1. The Bertz CT molecular complexity index is 1100. The third-order valence-corrected chi connectivity index (χ3v) is 6.46. The number of anilines is 1. The van der Waals surface area contributed by atoms with Gasteiger partial charge in [-0.15, -0.1) is 12.4 Å². The molecule has 0 aliphatic carbocycles. The van der Waals surface area contributed by atoms with Gasteiger partial charge in [0.25, 0.3) is 0 Å². The Morgan fingerprint density at radius 3 is 2.33 bits per heavy atom. The van der Waals surface area contributed by atoms with Crippen LogP contribution >= 0.6 is 24.0 Å². The summed E-state index contributed by atoms with van der Waals surface area (Å²) in [4.78, 5) is 17.3. The lowest BCUT2D eigenvalue weighted by Gasteiger charge is -2.36. The molecule has 1 heterocycles. The van der Waals surface area contributed by atoms with Gasteiger partial charge in [-0.3, -0.25) is 9.69 Å². The van der Waals surface area contributed by atoms with Gasteiger partial charge in [-0.1, -0.05) is 35.9 Å². The molecule has 0 amide bonds. The Hall–Kier alpha value is -2.64. The van der Waals surface area contributed by atoms with Crippen LogP contribution in [0, 0.1) is 5.82 Å². The van der Waals surface area contributed by atoms with Gasteiger partial charge in [0.2, 0.25) is 0 Å². The van der Waals surface area contributed by atoms with Crippen molar-refractivity contribution in [2.45, 2.75) is 18.9 Å². The zero-order chi connectivity index (χ0) is 24.6. The van der Waals surface area contributed by atoms with E-state index in [1.165, 1.54) is 12.1 Å². The number of para-hydroxylation sites is 1. The van der Waals surface area contributed by atoms with Gasteiger partial charge >= 0.3 is 0 Å². The lowest BCUT2D eigenvalue weighted by atomic mass is 10.0. The van der Waals surface area contributed by atoms with E-state index in [0.29, 0.717) is 30.7 Å². The lowest BCUT2D eigenvalue weighted by molar-refractivity contribution is 0.0655. The number of aliphatic hydroxyl groups is 1. The minimum Gasteiger partial charge on any atom is -0.490 e. The summed E-state index contributed by atoms with van der Waals surface area (Å²) in [6.45, 7) is 4.06. The summed E-state index contributed by atoms with van der Waals surface area (Å²) in [5.41, 5.74) is 2.56. The average Bonchev–Trinajstić information content (AvgIpc) is 2.88. The van der Waals surface area contributed by atoms with Crippen LogP contribution in [-0.4, -0.2) is 61.2 Å². The van der Waals surface area contributed by atoms with Gasteiger partial charge in [-0.25, -0.2) is 4.39 Å². The third-order valence-electron chi connectivity index (χ3n) is 6.21. The van der Waals surface area contributed by atoms with Crippen molar-refractivity contribution in [2.24, 2.45) is 0 Å². The second-order valence-electron chi connectivity index (χ2n) is 8.77. The Kier molecular flexibility index (Phi) is 10.6. The topological polar surface area (TPSA) is 53.0 Å². The number of piperazine rings is 1. The van der Waals surface area contributed by atoms with Crippen molar-refractivity contribution >= 4 is 35.5 Å². The van der Waals surface area contributed by atoms with Crippen molar-refractivity contribution in [3.63, 3.8) is 0 Å². The monoisotopic (exact) mass is 532 g/mol. The molecule has 3 aromatic rings. The molecule has 1 aliphatic rings. The van der Waals surface area contributed by atoms with Crippen molar-refractivity contribution in [3.05, 3.63) is 94.8 Å². The first-order chi connectivity index (χ1) is 17.0. The van der Waals surface area contributed by atoms with Crippen LogP contribution in [0.15, 0.2) is 72.8 Å². The van der Waals surface area contributed by atoms with Gasteiger partial charge < -0.3 is 14.7 Å². The summed E-state index contributed by atoms with van der Waals surface area (Å²) in [7, 11) is 0. The number of benzene rings is 3. The van der Waals surface area contributed by atoms with E-state index in [2.05, 4.69) is 9.80 Å². The number of hydrogen-bond acceptors (Lipinski definition) is 5. The molecule has 0 spiro atoms. The number of carbonyl (C=O) groups excluding carboxylic acids is 1. The fourth-order valence-corrected chi connectivity index (χ4v) is 4.37. The van der Waals surface area contributed by atoms with Crippen LogP contribution in [-0.2, 0) is 6.42 Å². The van der Waals surface area contributed by atoms with Gasteiger partial charge in [0.15, 0.2) is 5.78 Å². The number of nitrogens with zero attached hydrogens (tertiary/aromatic N) is 2. The zero-order valence-electron chi connectivity index (χ0n) is 20.0. The number of carbonyl (C=O) groups is 1. The predicted octanol–water partition coefficient (Wildman–Crippen LogP) is 5.28. The fraction of sp³-hybridized carbons (Fsp3) is 0.321. The lowest BCUT2D eigenvalue weighted by Crippen LogP contribution is -2.49. The second-order valence-corrected chi connectivity index (χ2v) is 9.21. The van der Waals surface area contributed by atoms with E-state index in [9.17, 15) is 14.3 Å². The molecule has 5 nitrogen and oxygen atoms in total. The van der Waals surface area contributed by atoms with Crippen LogP contribution in [0.1, 0.15) is 22.3 Å². The van der Waals surface area contributed by atoms with E-state index in [1.54, 1.807) is 30.3 Å². The van der Waals surface area contributed by atoms with Crippen molar-refractivity contribution < 1.29 is 19.0 Å². The van der Waals surface area contributed by atoms with Crippen molar-refractivity contribution in [2.75, 3.05) is 44.2 Å². The molecule has 192 valence electrons. The molecule has 0 saturated carbocycles. The van der Waals surface area contributed by atoms with Gasteiger partial charge in [-0.05, 0) is 60.5 Å². The molecule has 1 atom stereocenters. The van der Waals surface area contributed by atoms with E-state index in [0.717, 1.165) is 42.5 Å². The number of aliphatic hydroxyl groups excluding tert-OH is 1. The number of ether oxygens (including phenoxy) is 1. The van der Waals surface area contributed by atoms with Crippen LogP contribution in [0.5, 0.6) is 5.75 Å². The maximum atomic E-state index is 13.1. The molecular weight excluding hydrogens is 502 g/mol. The molecule has 1 N–H and O–H groups in total. The summed E-state index contributed by atoms with van der Waals surface area (Å²) in [5.74, 6) is 0.141. The molecule has 4 rings (SSSR count). The highest BCUT2D eigenvalue weighted by Gasteiger charge is 2.20. The summed E-state index contributed by atoms with van der Waals surface area (Å²) in [5, 5.41) is 11.3. The van der Waals surface area contributed by atoms with Crippen LogP contribution in [0.25, 0.3) is 0 Å². The number of aryl methyl sites for hydroxylation is 1. The van der Waals surface area contributed by atoms with Crippen LogP contribution < -0.4 is 9.64 Å². The second kappa shape index (κ2) is 13.6. The maximum Gasteiger partial charge on any atom is 0.166 e. The Morgan fingerprint density at radius 2 is 1.64 bits per heavy atom. The van der Waals surface area contributed by atoms with E-state index in [4.69, 9.17) is 16.3 Å². The number of ketones is 1. The molecule has 8 heteroatoms. The number of halogens is 3. The highest BCUT2D eigenvalue weighted by atomic mass is 35.5. The number of rotatable bonds is 10. The van der Waals surface area contributed by atoms with Crippen LogP contribution in [0.3, 0.4) is 0 Å². The first-order valence-corrected chi connectivity index (χ1v) is 12.3. The molecule has 0 radical (unpaired) electrons. The molecule has 1 unspecified atom stereocenters. The minimum absolute atomic E-state index is 0.